The average molecular weight is 334 g/mol. The van der Waals surface area contributed by atoms with Crippen LogP contribution in [0.4, 0.5) is 4.39 Å². The molecule has 3 rings (SSSR count). The van der Waals surface area contributed by atoms with E-state index in [0.29, 0.717) is 30.0 Å². The zero-order valence-corrected chi connectivity index (χ0v) is 13.2. The van der Waals surface area contributed by atoms with E-state index in [1.807, 2.05) is 0 Å². The number of nitrogens with one attached hydrogen (secondary N) is 1. The van der Waals surface area contributed by atoms with Crippen molar-refractivity contribution in [3.8, 4) is 0 Å². The van der Waals surface area contributed by atoms with Gasteiger partial charge in [-0.2, -0.15) is 0 Å². The first-order valence-electron chi connectivity index (χ1n) is 7.47. The van der Waals surface area contributed by atoms with Gasteiger partial charge in [-0.3, -0.25) is 0 Å². The molecule has 1 aliphatic rings. The molecule has 0 aliphatic heterocycles. The molecule has 0 heterocycles. The monoisotopic (exact) mass is 333 g/mol. The topological polar surface area (TPSA) is 49.3 Å². The number of hydrogen-bond acceptors (Lipinski definition) is 2. The molecule has 1 fully saturated rings. The average Bonchev–Trinajstić information content (AvgIpc) is 2.51. The van der Waals surface area contributed by atoms with Gasteiger partial charge in [-0.05, 0) is 35.4 Å². The molecule has 0 radical (unpaired) electrons. The molecule has 2 aromatic carbocycles. The molecule has 0 saturated heterocycles. The van der Waals surface area contributed by atoms with Crippen LogP contribution in [0.25, 0.3) is 0 Å². The van der Waals surface area contributed by atoms with Crippen molar-refractivity contribution in [1.82, 2.24) is 5.32 Å². The van der Waals surface area contributed by atoms with Gasteiger partial charge < -0.3 is 10.4 Å². The number of rotatable bonds is 5. The summed E-state index contributed by atoms with van der Waals surface area (Å²) < 4.78 is 14.8. The molecule has 3 nitrogen and oxygen atoms in total. The van der Waals surface area contributed by atoms with Crippen LogP contribution in [0, 0.1) is 0 Å². The Hall–Kier alpha value is -1.91. The minimum Gasteiger partial charge on any atom is -0.478 e. The smallest absolute Gasteiger partial charge is 0.335 e. The van der Waals surface area contributed by atoms with E-state index in [-0.39, 0.29) is 11.6 Å². The van der Waals surface area contributed by atoms with Crippen molar-refractivity contribution >= 4 is 17.6 Å². The summed E-state index contributed by atoms with van der Waals surface area (Å²) in [5.41, 5.74) is 0.569. The van der Waals surface area contributed by atoms with Gasteiger partial charge in [-0.1, -0.05) is 35.9 Å². The van der Waals surface area contributed by atoms with Gasteiger partial charge in [0.2, 0.25) is 0 Å². The Morgan fingerprint density at radius 2 is 1.96 bits per heavy atom. The Kier molecular flexibility index (Phi) is 4.37. The van der Waals surface area contributed by atoms with E-state index in [1.54, 1.807) is 48.5 Å². The Bertz CT molecular complexity index is 711. The summed E-state index contributed by atoms with van der Waals surface area (Å²) in [5, 5.41) is 12.7. The van der Waals surface area contributed by atoms with Crippen molar-refractivity contribution in [2.75, 3.05) is 0 Å². The van der Waals surface area contributed by atoms with Crippen LogP contribution in [0.5, 0.6) is 0 Å². The van der Waals surface area contributed by atoms with Gasteiger partial charge in [0.15, 0.2) is 0 Å². The van der Waals surface area contributed by atoms with Gasteiger partial charge in [0.1, 0.15) is 5.67 Å². The molecule has 0 spiro atoms. The number of aromatic carboxylic acids is 1. The number of hydrogen-bond donors (Lipinski definition) is 2. The van der Waals surface area contributed by atoms with Crippen LogP contribution in [0.15, 0.2) is 48.5 Å². The number of carboxylic acid groups (broad SMARTS) is 1. The van der Waals surface area contributed by atoms with Crippen molar-refractivity contribution in [2.24, 2.45) is 0 Å². The lowest BCUT2D eigenvalue weighted by Crippen LogP contribution is -2.48. The number of halogens is 2. The number of benzene rings is 2. The molecule has 0 atom stereocenters. The van der Waals surface area contributed by atoms with E-state index in [2.05, 4.69) is 5.32 Å². The van der Waals surface area contributed by atoms with E-state index < -0.39 is 11.6 Å². The molecule has 0 aromatic heterocycles. The van der Waals surface area contributed by atoms with E-state index >= 15 is 0 Å². The maximum absolute atomic E-state index is 14.8. The lowest BCUT2D eigenvalue weighted by Gasteiger charge is -2.42. The van der Waals surface area contributed by atoms with Gasteiger partial charge in [-0.15, -0.1) is 0 Å². The van der Waals surface area contributed by atoms with Crippen molar-refractivity contribution in [3.63, 3.8) is 0 Å². The van der Waals surface area contributed by atoms with Crippen LogP contribution in [-0.4, -0.2) is 17.1 Å². The van der Waals surface area contributed by atoms with Gasteiger partial charge in [0.25, 0.3) is 0 Å². The summed E-state index contributed by atoms with van der Waals surface area (Å²) in [5.74, 6) is -0.938. The second kappa shape index (κ2) is 6.30. The summed E-state index contributed by atoms with van der Waals surface area (Å²) in [6.45, 7) is 0.593. The molecule has 1 aliphatic carbocycles. The molecular weight excluding hydrogens is 317 g/mol. The highest BCUT2D eigenvalue weighted by atomic mass is 35.5. The summed E-state index contributed by atoms with van der Waals surface area (Å²) in [7, 11) is 0. The minimum atomic E-state index is -1.31. The number of carboxylic acids is 1. The quantitative estimate of drug-likeness (QED) is 0.864. The fraction of sp³-hybridized carbons (Fsp3) is 0.278. The molecule has 2 aromatic rings. The van der Waals surface area contributed by atoms with Crippen LogP contribution in [0.1, 0.15) is 34.3 Å². The van der Waals surface area contributed by atoms with E-state index in [4.69, 9.17) is 16.7 Å². The first kappa shape index (κ1) is 16.0. The fourth-order valence-corrected chi connectivity index (χ4v) is 3.09. The molecule has 1 saturated carbocycles. The number of carbonyl (C=O) groups is 1. The fourth-order valence-electron chi connectivity index (χ4n) is 2.90. The largest absolute Gasteiger partial charge is 0.478 e. The molecule has 0 amide bonds. The highest BCUT2D eigenvalue weighted by Gasteiger charge is 2.45. The maximum Gasteiger partial charge on any atom is 0.335 e. The number of alkyl halides is 1. The molecule has 0 bridgehead atoms. The maximum atomic E-state index is 14.8. The Morgan fingerprint density at radius 1 is 1.26 bits per heavy atom. The van der Waals surface area contributed by atoms with Crippen LogP contribution in [0.2, 0.25) is 5.02 Å². The van der Waals surface area contributed by atoms with Crippen LogP contribution >= 0.6 is 11.6 Å². The van der Waals surface area contributed by atoms with Crippen LogP contribution in [-0.2, 0) is 12.2 Å². The van der Waals surface area contributed by atoms with E-state index in [0.717, 1.165) is 5.56 Å². The van der Waals surface area contributed by atoms with Gasteiger partial charge in [0, 0.05) is 30.5 Å². The summed E-state index contributed by atoms with van der Waals surface area (Å²) in [6.07, 6.45) is 0.834. The molecule has 5 heteroatoms. The predicted molar refractivity (Wildman–Crippen MR) is 87.5 cm³/mol. The van der Waals surface area contributed by atoms with Gasteiger partial charge in [-0.25, -0.2) is 9.18 Å². The van der Waals surface area contributed by atoms with Crippen molar-refractivity contribution in [2.45, 2.75) is 31.1 Å². The van der Waals surface area contributed by atoms with Crippen LogP contribution < -0.4 is 5.32 Å². The van der Waals surface area contributed by atoms with Crippen molar-refractivity contribution < 1.29 is 14.3 Å². The van der Waals surface area contributed by atoms with E-state index in [9.17, 15) is 9.18 Å². The first-order valence-corrected chi connectivity index (χ1v) is 7.85. The second-order valence-corrected chi connectivity index (χ2v) is 6.40. The van der Waals surface area contributed by atoms with Crippen molar-refractivity contribution in [3.05, 3.63) is 70.2 Å². The predicted octanol–water partition coefficient (Wildman–Crippen LogP) is 4.16. The third-order valence-electron chi connectivity index (χ3n) is 4.28. The second-order valence-electron chi connectivity index (χ2n) is 5.96. The SMILES string of the molecule is O=C(O)c1ccc(CNC2CC(F)(c3cccc(Cl)c3)C2)cc1. The normalized spacial score (nSPS) is 23.3. The zero-order chi connectivity index (χ0) is 16.4. The highest BCUT2D eigenvalue weighted by molar-refractivity contribution is 6.30. The summed E-state index contributed by atoms with van der Waals surface area (Å²) in [4.78, 5) is 10.8. The standard InChI is InChI=1S/C18H17ClFNO2/c19-15-3-1-2-14(8-15)18(20)9-16(10-18)21-11-12-4-6-13(7-5-12)17(22)23/h1-8,16,21H,9-11H2,(H,22,23). The molecule has 2 N–H and O–H groups in total. The molecular formula is C18H17ClFNO2. The summed E-state index contributed by atoms with van der Waals surface area (Å²) >= 11 is 5.92. The minimum absolute atomic E-state index is 0.109. The lowest BCUT2D eigenvalue weighted by molar-refractivity contribution is 0.0245. The lowest BCUT2D eigenvalue weighted by atomic mass is 9.73. The third kappa shape index (κ3) is 3.54. The molecule has 23 heavy (non-hydrogen) atoms. The zero-order valence-electron chi connectivity index (χ0n) is 12.4. The Balaban J connectivity index is 1.53. The summed E-state index contributed by atoms with van der Waals surface area (Å²) in [6, 6.07) is 13.8. The van der Waals surface area contributed by atoms with Gasteiger partial charge >= 0.3 is 5.97 Å². The molecule has 0 unspecified atom stereocenters. The third-order valence-corrected chi connectivity index (χ3v) is 4.51. The van der Waals surface area contributed by atoms with Crippen molar-refractivity contribution in [1.29, 1.82) is 0 Å². The van der Waals surface area contributed by atoms with Gasteiger partial charge in [0.05, 0.1) is 5.56 Å². The molecule has 120 valence electrons. The first-order chi connectivity index (χ1) is 11.0. The Labute approximate surface area is 139 Å². The van der Waals surface area contributed by atoms with E-state index in [1.165, 1.54) is 0 Å². The highest BCUT2D eigenvalue weighted by Crippen LogP contribution is 2.45. The van der Waals surface area contributed by atoms with Crippen LogP contribution in [0.3, 0.4) is 0 Å². The Morgan fingerprint density at radius 3 is 2.57 bits per heavy atom.